The largest absolute Gasteiger partial charge is 0.490 e. The van der Waals surface area contributed by atoms with Crippen LogP contribution in [0, 0.1) is 11.7 Å². The molecule has 4 N–H and O–H groups in total. The molecule has 2 fully saturated rings. The van der Waals surface area contributed by atoms with Gasteiger partial charge >= 0.3 is 12.1 Å². The number of aryl methyl sites for hydroxylation is 1. The number of rotatable bonds is 10. The van der Waals surface area contributed by atoms with Gasteiger partial charge in [0.25, 0.3) is 5.91 Å². The Morgan fingerprint density at radius 1 is 0.886 bits per heavy atom. The Bertz CT molecular complexity index is 1360. The predicted molar refractivity (Wildman–Crippen MR) is 158 cm³/mol. The number of piperidine rings is 1. The molecule has 0 spiro atoms. The summed E-state index contributed by atoms with van der Waals surface area (Å²) in [6, 6.07) is 23.5. The summed E-state index contributed by atoms with van der Waals surface area (Å²) in [6.45, 7) is 4.55. The average molecular weight is 616 g/mol. The second-order valence-corrected chi connectivity index (χ2v) is 11.3. The maximum Gasteiger partial charge on any atom is 0.490 e. The molecule has 2 aliphatic rings. The van der Waals surface area contributed by atoms with Gasteiger partial charge in [-0.15, -0.1) is 0 Å². The van der Waals surface area contributed by atoms with Crippen LogP contribution in [0.5, 0.6) is 0 Å². The summed E-state index contributed by atoms with van der Waals surface area (Å²) in [5.41, 5.74) is 6.93. The maximum absolute atomic E-state index is 13.2. The van der Waals surface area contributed by atoms with Crippen molar-refractivity contribution in [3.63, 3.8) is 0 Å². The lowest BCUT2D eigenvalue weighted by molar-refractivity contribution is -0.192. The number of carboxylic acid groups (broad SMARTS) is 1. The third-order valence-electron chi connectivity index (χ3n) is 8.18. The van der Waals surface area contributed by atoms with Crippen LogP contribution in [0.15, 0.2) is 72.8 Å². The van der Waals surface area contributed by atoms with Gasteiger partial charge in [0.05, 0.1) is 0 Å². The van der Waals surface area contributed by atoms with Crippen LogP contribution in [0.25, 0.3) is 11.1 Å². The van der Waals surface area contributed by atoms with Crippen LogP contribution in [0.1, 0.15) is 53.1 Å². The van der Waals surface area contributed by atoms with Gasteiger partial charge in [-0.2, -0.15) is 13.2 Å². The van der Waals surface area contributed by atoms with E-state index in [-0.39, 0.29) is 5.82 Å². The number of benzene rings is 3. The standard InChI is InChI=1S/C31H36FN3O2.C2HF3O2/c32-28-13-11-25(12-14-28)24-7-9-26(10-8-24)29-20-30(29)33-21-23-15-18-35(19-16-23)17-1-2-22-3-5-27(6-4-22)31(36)34-37;3-2(4,5)1(6)7/h3-14,23,29-30,33,37H,1-2,15-21H2,(H,34,36);(H,6,7). The van der Waals surface area contributed by atoms with Crippen molar-refractivity contribution < 1.29 is 37.5 Å². The van der Waals surface area contributed by atoms with E-state index in [0.717, 1.165) is 43.0 Å². The molecule has 1 saturated carbocycles. The predicted octanol–water partition coefficient (Wildman–Crippen LogP) is 6.04. The van der Waals surface area contributed by atoms with E-state index in [1.165, 1.54) is 55.6 Å². The number of hydrogen-bond donors (Lipinski definition) is 4. The molecule has 1 amide bonds. The van der Waals surface area contributed by atoms with Gasteiger partial charge < -0.3 is 15.3 Å². The number of carboxylic acids is 1. The minimum Gasteiger partial charge on any atom is -0.475 e. The van der Waals surface area contributed by atoms with Crippen molar-refractivity contribution in [2.45, 2.75) is 50.2 Å². The fourth-order valence-electron chi connectivity index (χ4n) is 5.48. The minimum atomic E-state index is -5.08. The van der Waals surface area contributed by atoms with Gasteiger partial charge in [-0.25, -0.2) is 14.7 Å². The number of hydroxylamine groups is 1. The second-order valence-electron chi connectivity index (χ2n) is 11.3. The van der Waals surface area contributed by atoms with Crippen LogP contribution in [0.4, 0.5) is 17.6 Å². The van der Waals surface area contributed by atoms with Crippen molar-refractivity contribution in [3.05, 3.63) is 95.3 Å². The zero-order valence-electron chi connectivity index (χ0n) is 24.2. The van der Waals surface area contributed by atoms with Crippen LogP contribution in [0.2, 0.25) is 0 Å². The van der Waals surface area contributed by atoms with Crippen molar-refractivity contribution in [1.82, 2.24) is 15.7 Å². The fraction of sp³-hybridized carbons (Fsp3) is 0.394. The highest BCUT2D eigenvalue weighted by Gasteiger charge is 2.39. The first kappa shape index (κ1) is 33.1. The quantitative estimate of drug-likeness (QED) is 0.126. The highest BCUT2D eigenvalue weighted by Crippen LogP contribution is 2.41. The van der Waals surface area contributed by atoms with E-state index in [1.54, 1.807) is 17.6 Å². The van der Waals surface area contributed by atoms with Gasteiger partial charge in [0, 0.05) is 17.5 Å². The summed E-state index contributed by atoms with van der Waals surface area (Å²) in [5, 5.41) is 19.7. The Hall–Kier alpha value is -3.80. The first-order chi connectivity index (χ1) is 21.0. The lowest BCUT2D eigenvalue weighted by atomic mass is 9.96. The number of aliphatic carboxylic acids is 1. The molecular formula is C33H37F4N3O4. The van der Waals surface area contributed by atoms with Crippen LogP contribution in [0.3, 0.4) is 0 Å². The number of carbonyl (C=O) groups is 2. The molecule has 1 heterocycles. The molecule has 5 rings (SSSR count). The number of likely N-dealkylation sites (tertiary alicyclic amines) is 1. The van der Waals surface area contributed by atoms with Crippen LogP contribution in [-0.4, -0.2) is 65.5 Å². The van der Waals surface area contributed by atoms with Crippen LogP contribution >= 0.6 is 0 Å². The first-order valence-corrected chi connectivity index (χ1v) is 14.7. The topological polar surface area (TPSA) is 102 Å². The molecular weight excluding hydrogens is 578 g/mol. The van der Waals surface area contributed by atoms with Gasteiger partial charge in [0.15, 0.2) is 0 Å². The summed E-state index contributed by atoms with van der Waals surface area (Å²) in [4.78, 5) is 22.9. The number of alkyl halides is 3. The van der Waals surface area contributed by atoms with E-state index in [9.17, 15) is 22.4 Å². The summed E-state index contributed by atoms with van der Waals surface area (Å²) >= 11 is 0. The monoisotopic (exact) mass is 615 g/mol. The van der Waals surface area contributed by atoms with E-state index < -0.39 is 18.1 Å². The summed E-state index contributed by atoms with van der Waals surface area (Å²) in [5.74, 6) is -2.07. The molecule has 236 valence electrons. The molecule has 3 aromatic rings. The Kier molecular flexibility index (Phi) is 11.5. The molecule has 11 heteroatoms. The second kappa shape index (κ2) is 15.3. The molecule has 0 aromatic heterocycles. The normalized spacial score (nSPS) is 18.7. The van der Waals surface area contributed by atoms with E-state index >= 15 is 0 Å². The zero-order chi connectivity index (χ0) is 31.7. The molecule has 7 nitrogen and oxygen atoms in total. The van der Waals surface area contributed by atoms with E-state index in [4.69, 9.17) is 15.1 Å². The number of nitrogens with zero attached hydrogens (tertiary/aromatic N) is 1. The Balaban J connectivity index is 0.000000566. The Morgan fingerprint density at radius 3 is 2.00 bits per heavy atom. The number of nitrogens with one attached hydrogen (secondary N) is 2. The lowest BCUT2D eigenvalue weighted by Gasteiger charge is -2.32. The molecule has 1 aliphatic carbocycles. The zero-order valence-corrected chi connectivity index (χ0v) is 24.2. The van der Waals surface area contributed by atoms with E-state index in [1.807, 2.05) is 24.3 Å². The van der Waals surface area contributed by atoms with E-state index in [2.05, 4.69) is 34.5 Å². The van der Waals surface area contributed by atoms with Gasteiger partial charge in [0.1, 0.15) is 5.82 Å². The van der Waals surface area contributed by atoms with Crippen LogP contribution in [-0.2, 0) is 11.2 Å². The maximum atomic E-state index is 13.2. The molecule has 3 aromatic carbocycles. The number of hydrogen-bond acceptors (Lipinski definition) is 5. The number of halogens is 4. The van der Waals surface area contributed by atoms with Crippen molar-refractivity contribution >= 4 is 11.9 Å². The average Bonchev–Trinajstić information content (AvgIpc) is 3.81. The molecule has 44 heavy (non-hydrogen) atoms. The van der Waals surface area contributed by atoms with Gasteiger partial charge in [-0.3, -0.25) is 10.0 Å². The van der Waals surface area contributed by atoms with Crippen LogP contribution < -0.4 is 10.8 Å². The Labute approximate surface area is 253 Å². The highest BCUT2D eigenvalue weighted by molar-refractivity contribution is 5.93. The number of amides is 1. The van der Waals surface area contributed by atoms with Crippen molar-refractivity contribution in [1.29, 1.82) is 0 Å². The first-order valence-electron chi connectivity index (χ1n) is 14.7. The molecule has 1 saturated heterocycles. The molecule has 2 atom stereocenters. The Morgan fingerprint density at radius 2 is 1.45 bits per heavy atom. The third kappa shape index (κ3) is 9.87. The van der Waals surface area contributed by atoms with Crippen molar-refractivity contribution in [3.8, 4) is 11.1 Å². The van der Waals surface area contributed by atoms with Crippen molar-refractivity contribution in [2.75, 3.05) is 26.2 Å². The van der Waals surface area contributed by atoms with Gasteiger partial charge in [-0.1, -0.05) is 48.5 Å². The smallest absolute Gasteiger partial charge is 0.475 e. The highest BCUT2D eigenvalue weighted by atomic mass is 19.4. The SMILES string of the molecule is O=C(NO)c1ccc(CCCN2CCC(CNC3CC3c3ccc(-c4ccc(F)cc4)cc3)CC2)cc1.O=C(O)C(F)(F)F. The number of carbonyl (C=O) groups excluding carboxylic acids is 1. The van der Waals surface area contributed by atoms with E-state index in [0.29, 0.717) is 17.5 Å². The fourth-order valence-corrected chi connectivity index (χ4v) is 5.48. The minimum absolute atomic E-state index is 0.200. The summed E-state index contributed by atoms with van der Waals surface area (Å²) in [7, 11) is 0. The summed E-state index contributed by atoms with van der Waals surface area (Å²) in [6.07, 6.45) is 0.735. The molecule has 2 unspecified atom stereocenters. The van der Waals surface area contributed by atoms with Crippen molar-refractivity contribution in [2.24, 2.45) is 5.92 Å². The molecule has 1 aliphatic heterocycles. The molecule has 0 radical (unpaired) electrons. The van der Waals surface area contributed by atoms with Gasteiger partial charge in [-0.05, 0) is 111 Å². The third-order valence-corrected chi connectivity index (χ3v) is 8.18. The van der Waals surface area contributed by atoms with Gasteiger partial charge in [0.2, 0.25) is 0 Å². The lowest BCUT2D eigenvalue weighted by Crippen LogP contribution is -2.38. The molecule has 0 bridgehead atoms. The summed E-state index contributed by atoms with van der Waals surface area (Å²) < 4.78 is 44.9.